The molecule has 1 fully saturated rings. The highest BCUT2D eigenvalue weighted by molar-refractivity contribution is 6.08. The van der Waals surface area contributed by atoms with Crippen molar-refractivity contribution in [2.75, 3.05) is 38.2 Å². The zero-order chi connectivity index (χ0) is 21.5. The Kier molecular flexibility index (Phi) is 6.59. The van der Waals surface area contributed by atoms with Crippen LogP contribution in [0.4, 0.5) is 5.69 Å². The molecular weight excluding hydrogens is 392 g/mol. The van der Waals surface area contributed by atoms with Gasteiger partial charge in [0, 0.05) is 24.3 Å². The minimum atomic E-state index is -0.185. The number of morpholine rings is 1. The molecule has 0 saturated carbocycles. The van der Waals surface area contributed by atoms with E-state index < -0.39 is 0 Å². The monoisotopic (exact) mass is 416 g/mol. The maximum Gasteiger partial charge on any atom is 0.260 e. The number of carbonyl (C=O) groups is 2. The lowest BCUT2D eigenvalue weighted by Gasteiger charge is -2.26. The molecule has 1 N–H and O–H groups in total. The third-order valence-electron chi connectivity index (χ3n) is 5.09. The van der Waals surface area contributed by atoms with Crippen LogP contribution in [0.25, 0.3) is 11.1 Å². The molecule has 3 aromatic rings. The van der Waals surface area contributed by atoms with Gasteiger partial charge in [0.15, 0.2) is 6.61 Å². The first-order chi connectivity index (χ1) is 15.2. The van der Waals surface area contributed by atoms with Crippen LogP contribution in [0, 0.1) is 0 Å². The normalized spacial score (nSPS) is 13.5. The molecule has 1 aliphatic rings. The molecule has 158 valence electrons. The van der Waals surface area contributed by atoms with E-state index in [0.717, 1.165) is 11.1 Å². The number of ether oxygens (including phenoxy) is 2. The largest absolute Gasteiger partial charge is 0.484 e. The molecule has 1 saturated heterocycles. The highest BCUT2D eigenvalue weighted by Gasteiger charge is 2.17. The summed E-state index contributed by atoms with van der Waals surface area (Å²) in [4.78, 5) is 26.8. The lowest BCUT2D eigenvalue weighted by Crippen LogP contribution is -2.42. The number of benzene rings is 3. The van der Waals surface area contributed by atoms with Crippen molar-refractivity contribution in [1.29, 1.82) is 0 Å². The minimum Gasteiger partial charge on any atom is -0.484 e. The number of carbonyl (C=O) groups excluding carboxylic acids is 2. The van der Waals surface area contributed by atoms with Crippen molar-refractivity contribution in [2.45, 2.75) is 0 Å². The van der Waals surface area contributed by atoms with E-state index in [1.165, 1.54) is 0 Å². The molecule has 4 rings (SSSR count). The summed E-state index contributed by atoms with van der Waals surface area (Å²) in [7, 11) is 0. The van der Waals surface area contributed by atoms with Crippen molar-refractivity contribution < 1.29 is 19.1 Å². The predicted octanol–water partition coefficient (Wildman–Crippen LogP) is 3.84. The van der Waals surface area contributed by atoms with Crippen molar-refractivity contribution in [3.05, 3.63) is 84.4 Å². The summed E-state index contributed by atoms with van der Waals surface area (Å²) in [6, 6.07) is 24.3. The van der Waals surface area contributed by atoms with Crippen LogP contribution in [0.1, 0.15) is 10.4 Å². The van der Waals surface area contributed by atoms with Crippen LogP contribution in [-0.4, -0.2) is 49.6 Å². The Morgan fingerprint density at radius 3 is 2.29 bits per heavy atom. The smallest absolute Gasteiger partial charge is 0.260 e. The molecule has 1 aliphatic heterocycles. The Morgan fingerprint density at radius 1 is 0.871 bits per heavy atom. The van der Waals surface area contributed by atoms with Crippen LogP contribution in [0.5, 0.6) is 5.75 Å². The van der Waals surface area contributed by atoms with Gasteiger partial charge in [-0.1, -0.05) is 48.5 Å². The van der Waals surface area contributed by atoms with Gasteiger partial charge in [0.2, 0.25) is 0 Å². The summed E-state index contributed by atoms with van der Waals surface area (Å²) < 4.78 is 10.9. The van der Waals surface area contributed by atoms with Crippen molar-refractivity contribution >= 4 is 17.5 Å². The Hall–Kier alpha value is -3.64. The summed E-state index contributed by atoms with van der Waals surface area (Å²) >= 11 is 0. The van der Waals surface area contributed by atoms with Crippen molar-refractivity contribution in [1.82, 2.24) is 4.90 Å². The van der Waals surface area contributed by atoms with Gasteiger partial charge in [0.1, 0.15) is 5.75 Å². The number of hydrogen-bond donors (Lipinski definition) is 1. The van der Waals surface area contributed by atoms with E-state index in [1.54, 1.807) is 29.2 Å². The van der Waals surface area contributed by atoms with E-state index >= 15 is 0 Å². The number of hydrogen-bond acceptors (Lipinski definition) is 4. The second-order valence-corrected chi connectivity index (χ2v) is 7.17. The van der Waals surface area contributed by atoms with Gasteiger partial charge < -0.3 is 19.7 Å². The maximum absolute atomic E-state index is 12.9. The lowest BCUT2D eigenvalue weighted by atomic mass is 9.99. The molecule has 0 spiro atoms. The first kappa shape index (κ1) is 20.6. The molecule has 6 heteroatoms. The fraction of sp³-hybridized carbons (Fsp3) is 0.200. The molecule has 31 heavy (non-hydrogen) atoms. The molecule has 1 heterocycles. The van der Waals surface area contributed by atoms with E-state index in [0.29, 0.717) is 43.3 Å². The topological polar surface area (TPSA) is 67.9 Å². The van der Waals surface area contributed by atoms with Crippen LogP contribution in [0.15, 0.2) is 78.9 Å². The lowest BCUT2D eigenvalue weighted by molar-refractivity contribution is -0.137. The quantitative estimate of drug-likeness (QED) is 0.663. The van der Waals surface area contributed by atoms with Crippen LogP contribution in [0.3, 0.4) is 0 Å². The molecule has 6 nitrogen and oxygen atoms in total. The van der Waals surface area contributed by atoms with Crippen molar-refractivity contribution in [2.24, 2.45) is 0 Å². The molecule has 0 atom stereocenters. The van der Waals surface area contributed by atoms with E-state index in [2.05, 4.69) is 5.32 Å². The molecule has 0 aliphatic carbocycles. The summed E-state index contributed by atoms with van der Waals surface area (Å²) in [6.07, 6.45) is 0. The fourth-order valence-electron chi connectivity index (χ4n) is 3.43. The average Bonchev–Trinajstić information content (AvgIpc) is 2.84. The third kappa shape index (κ3) is 5.29. The Balaban J connectivity index is 1.37. The molecule has 0 unspecified atom stereocenters. The van der Waals surface area contributed by atoms with Crippen molar-refractivity contribution in [3.63, 3.8) is 0 Å². The minimum absolute atomic E-state index is 0.0177. The SMILES string of the molecule is O=C(Nc1ccc(OCC(=O)N2CCOCC2)cc1)c1ccccc1-c1ccccc1. The van der Waals surface area contributed by atoms with Gasteiger partial charge in [-0.3, -0.25) is 9.59 Å². The van der Waals surface area contributed by atoms with Gasteiger partial charge in [-0.05, 0) is 41.5 Å². The first-order valence-corrected chi connectivity index (χ1v) is 10.2. The highest BCUT2D eigenvalue weighted by Crippen LogP contribution is 2.24. The summed E-state index contributed by atoms with van der Waals surface area (Å²) in [5, 5.41) is 2.93. The second-order valence-electron chi connectivity index (χ2n) is 7.17. The first-order valence-electron chi connectivity index (χ1n) is 10.2. The molecule has 0 bridgehead atoms. The highest BCUT2D eigenvalue weighted by atomic mass is 16.5. The van der Waals surface area contributed by atoms with Crippen LogP contribution < -0.4 is 10.1 Å². The van der Waals surface area contributed by atoms with Gasteiger partial charge in [0.25, 0.3) is 11.8 Å². The summed E-state index contributed by atoms with van der Waals surface area (Å²) in [6.45, 7) is 2.30. The number of amides is 2. The Morgan fingerprint density at radius 2 is 1.55 bits per heavy atom. The summed E-state index contributed by atoms with van der Waals surface area (Å²) in [5.41, 5.74) is 3.12. The molecule has 0 aromatic heterocycles. The maximum atomic E-state index is 12.9. The van der Waals surface area contributed by atoms with Crippen LogP contribution in [-0.2, 0) is 9.53 Å². The third-order valence-corrected chi connectivity index (χ3v) is 5.09. The number of nitrogens with one attached hydrogen (secondary N) is 1. The van der Waals surface area contributed by atoms with E-state index in [1.807, 2.05) is 54.6 Å². The van der Waals surface area contributed by atoms with Crippen molar-refractivity contribution in [3.8, 4) is 16.9 Å². The average molecular weight is 416 g/mol. The zero-order valence-electron chi connectivity index (χ0n) is 17.1. The number of anilines is 1. The summed E-state index contributed by atoms with van der Waals surface area (Å²) in [5.74, 6) is 0.332. The van der Waals surface area contributed by atoms with Gasteiger partial charge in [-0.25, -0.2) is 0 Å². The Labute approximate surface area is 181 Å². The molecule has 0 radical (unpaired) electrons. The van der Waals surface area contributed by atoms with Crippen LogP contribution >= 0.6 is 0 Å². The van der Waals surface area contributed by atoms with Crippen LogP contribution in [0.2, 0.25) is 0 Å². The molecular formula is C25H24N2O4. The van der Waals surface area contributed by atoms with E-state index in [-0.39, 0.29) is 18.4 Å². The standard InChI is InChI=1S/C25H24N2O4/c28-24(27-14-16-30-17-15-27)18-31-21-12-10-20(11-13-21)26-25(29)23-9-5-4-8-22(23)19-6-2-1-3-7-19/h1-13H,14-18H2,(H,26,29). The number of rotatable bonds is 6. The van der Waals surface area contributed by atoms with Gasteiger partial charge >= 0.3 is 0 Å². The molecule has 3 aromatic carbocycles. The predicted molar refractivity (Wildman–Crippen MR) is 119 cm³/mol. The fourth-order valence-corrected chi connectivity index (χ4v) is 3.43. The van der Waals surface area contributed by atoms with Gasteiger partial charge in [0.05, 0.1) is 13.2 Å². The van der Waals surface area contributed by atoms with E-state index in [4.69, 9.17) is 9.47 Å². The second kappa shape index (κ2) is 9.91. The zero-order valence-corrected chi connectivity index (χ0v) is 17.1. The van der Waals surface area contributed by atoms with E-state index in [9.17, 15) is 9.59 Å². The van der Waals surface area contributed by atoms with Gasteiger partial charge in [-0.2, -0.15) is 0 Å². The number of nitrogens with zero attached hydrogens (tertiary/aromatic N) is 1. The van der Waals surface area contributed by atoms with Gasteiger partial charge in [-0.15, -0.1) is 0 Å². The Bertz CT molecular complexity index is 1030. The molecule has 2 amide bonds.